The van der Waals surface area contributed by atoms with Gasteiger partial charge in [-0.25, -0.2) is 0 Å². The molecule has 2 aliphatic rings. The van der Waals surface area contributed by atoms with Gasteiger partial charge in [-0.3, -0.25) is 0 Å². The van der Waals surface area contributed by atoms with Crippen LogP contribution < -0.4 is 4.90 Å². The number of hydrogen-bond donors (Lipinski definition) is 0. The Hall–Kier alpha value is -6.84. The second kappa shape index (κ2) is 12.1. The summed E-state index contributed by atoms with van der Waals surface area (Å²) in [6, 6.07) is 66.7. The third-order valence-corrected chi connectivity index (χ3v) is 12.7. The highest BCUT2D eigenvalue weighted by atomic mass is 16.3. The van der Waals surface area contributed by atoms with Crippen molar-refractivity contribution >= 4 is 60.8 Å². The molecule has 266 valence electrons. The summed E-state index contributed by atoms with van der Waals surface area (Å²) in [7, 11) is 0. The van der Waals surface area contributed by atoms with Gasteiger partial charge in [-0.2, -0.15) is 0 Å². The van der Waals surface area contributed by atoms with Crippen molar-refractivity contribution in [2.45, 2.75) is 31.1 Å². The number of anilines is 3. The van der Waals surface area contributed by atoms with Crippen molar-refractivity contribution < 1.29 is 4.42 Å². The minimum Gasteiger partial charge on any atom is -0.456 e. The first-order valence-electron chi connectivity index (χ1n) is 19.9. The molecular weight excluding hydrogens is 681 g/mol. The van der Waals surface area contributed by atoms with E-state index in [-0.39, 0.29) is 5.41 Å². The fraction of sp³-hybridized carbons (Fsp3) is 0.0943. The molecule has 56 heavy (non-hydrogen) atoms. The molecule has 8 aromatic carbocycles. The SMILES string of the molecule is c1ccc(-n2c3ccccc3c3ccc(N(c4ccc(-c5ccc6c(c5)C5(CCCC5)c5ccccc5-6)cc4)c4ccc5c(c4)oc4ccccc45)cc32)cc1. The summed E-state index contributed by atoms with van der Waals surface area (Å²) in [5.41, 5.74) is 17.0. The van der Waals surface area contributed by atoms with E-state index in [1.54, 1.807) is 0 Å². The summed E-state index contributed by atoms with van der Waals surface area (Å²) in [4.78, 5) is 2.37. The molecule has 3 nitrogen and oxygen atoms in total. The van der Waals surface area contributed by atoms with E-state index in [4.69, 9.17) is 4.42 Å². The molecule has 2 aromatic heterocycles. The van der Waals surface area contributed by atoms with Gasteiger partial charge in [0.2, 0.25) is 0 Å². The molecule has 1 fully saturated rings. The zero-order chi connectivity index (χ0) is 36.8. The quantitative estimate of drug-likeness (QED) is 0.177. The van der Waals surface area contributed by atoms with Gasteiger partial charge >= 0.3 is 0 Å². The van der Waals surface area contributed by atoms with Crippen LogP contribution in [0.2, 0.25) is 0 Å². The molecule has 2 heterocycles. The van der Waals surface area contributed by atoms with Gasteiger partial charge in [0, 0.05) is 55.8 Å². The van der Waals surface area contributed by atoms with E-state index < -0.39 is 0 Å². The molecule has 10 aromatic rings. The maximum Gasteiger partial charge on any atom is 0.137 e. The Morgan fingerprint density at radius 3 is 1.91 bits per heavy atom. The van der Waals surface area contributed by atoms with Crippen molar-refractivity contribution in [1.29, 1.82) is 0 Å². The fourth-order valence-electron chi connectivity index (χ4n) is 10.2. The Morgan fingerprint density at radius 2 is 1.05 bits per heavy atom. The van der Waals surface area contributed by atoms with Crippen LogP contribution in [0, 0.1) is 0 Å². The highest BCUT2D eigenvalue weighted by Crippen LogP contribution is 2.57. The van der Waals surface area contributed by atoms with E-state index >= 15 is 0 Å². The summed E-state index contributed by atoms with van der Waals surface area (Å²) in [6.07, 6.45) is 5.05. The molecule has 0 unspecified atom stereocenters. The zero-order valence-corrected chi connectivity index (χ0v) is 31.0. The van der Waals surface area contributed by atoms with Crippen LogP contribution >= 0.6 is 0 Å². The van der Waals surface area contributed by atoms with Gasteiger partial charge in [0.1, 0.15) is 11.2 Å². The van der Waals surface area contributed by atoms with Crippen LogP contribution in [0.15, 0.2) is 186 Å². The lowest BCUT2D eigenvalue weighted by atomic mass is 9.76. The Labute approximate surface area is 325 Å². The van der Waals surface area contributed by atoms with Gasteiger partial charge in [-0.05, 0) is 113 Å². The van der Waals surface area contributed by atoms with Crippen LogP contribution in [-0.4, -0.2) is 4.57 Å². The molecule has 0 aliphatic heterocycles. The summed E-state index contributed by atoms with van der Waals surface area (Å²) < 4.78 is 8.84. The zero-order valence-electron chi connectivity index (χ0n) is 31.0. The van der Waals surface area contributed by atoms with Crippen molar-refractivity contribution in [3.05, 3.63) is 193 Å². The van der Waals surface area contributed by atoms with Crippen LogP contribution in [-0.2, 0) is 5.41 Å². The molecule has 1 saturated carbocycles. The summed E-state index contributed by atoms with van der Waals surface area (Å²) in [6.45, 7) is 0. The van der Waals surface area contributed by atoms with Crippen LogP contribution in [0.25, 0.3) is 71.7 Å². The van der Waals surface area contributed by atoms with Crippen LogP contribution in [0.5, 0.6) is 0 Å². The molecule has 0 radical (unpaired) electrons. The first kappa shape index (κ1) is 31.5. The average molecular weight is 719 g/mol. The lowest BCUT2D eigenvalue weighted by Gasteiger charge is -2.27. The minimum atomic E-state index is 0.148. The van der Waals surface area contributed by atoms with Gasteiger partial charge in [-0.1, -0.05) is 122 Å². The van der Waals surface area contributed by atoms with Gasteiger partial charge < -0.3 is 13.9 Å². The van der Waals surface area contributed by atoms with E-state index in [1.807, 2.05) is 12.1 Å². The topological polar surface area (TPSA) is 21.3 Å². The lowest BCUT2D eigenvalue weighted by molar-refractivity contribution is 0.550. The van der Waals surface area contributed by atoms with E-state index in [1.165, 1.54) is 80.9 Å². The van der Waals surface area contributed by atoms with Gasteiger partial charge in [0.25, 0.3) is 0 Å². The van der Waals surface area contributed by atoms with Crippen LogP contribution in [0.1, 0.15) is 36.8 Å². The number of fused-ring (bicyclic) bond motifs is 11. The molecule has 1 spiro atoms. The van der Waals surface area contributed by atoms with E-state index in [2.05, 4.69) is 179 Å². The monoisotopic (exact) mass is 718 g/mol. The number of benzene rings is 8. The van der Waals surface area contributed by atoms with Crippen molar-refractivity contribution in [1.82, 2.24) is 4.57 Å². The molecule has 12 rings (SSSR count). The third kappa shape index (κ3) is 4.58. The van der Waals surface area contributed by atoms with Crippen LogP contribution in [0.4, 0.5) is 17.1 Å². The van der Waals surface area contributed by atoms with Gasteiger partial charge in [0.05, 0.1) is 11.0 Å². The van der Waals surface area contributed by atoms with Crippen molar-refractivity contribution in [3.63, 3.8) is 0 Å². The maximum absolute atomic E-state index is 6.45. The normalized spacial score (nSPS) is 14.3. The maximum atomic E-state index is 6.45. The Bertz CT molecular complexity index is 3140. The molecule has 2 aliphatic carbocycles. The Morgan fingerprint density at radius 1 is 0.429 bits per heavy atom. The summed E-state index contributed by atoms with van der Waals surface area (Å²) >= 11 is 0. The Kier molecular flexibility index (Phi) is 6.80. The molecule has 3 heteroatoms. The molecule has 0 saturated heterocycles. The Balaban J connectivity index is 1.01. The lowest BCUT2D eigenvalue weighted by Crippen LogP contribution is -2.20. The van der Waals surface area contributed by atoms with E-state index in [0.717, 1.165) is 44.7 Å². The van der Waals surface area contributed by atoms with Crippen LogP contribution in [0.3, 0.4) is 0 Å². The molecule has 0 N–H and O–H groups in total. The third-order valence-electron chi connectivity index (χ3n) is 12.7. The number of aromatic nitrogens is 1. The number of hydrogen-bond acceptors (Lipinski definition) is 2. The number of para-hydroxylation sites is 3. The van der Waals surface area contributed by atoms with Crippen molar-refractivity contribution in [2.24, 2.45) is 0 Å². The van der Waals surface area contributed by atoms with Crippen molar-refractivity contribution in [2.75, 3.05) is 4.90 Å². The molecule has 0 atom stereocenters. The highest BCUT2D eigenvalue weighted by molar-refractivity contribution is 6.11. The van der Waals surface area contributed by atoms with Crippen molar-refractivity contribution in [3.8, 4) is 27.9 Å². The van der Waals surface area contributed by atoms with Gasteiger partial charge in [0.15, 0.2) is 0 Å². The number of furan rings is 1. The summed E-state index contributed by atoms with van der Waals surface area (Å²) in [5, 5.41) is 4.73. The average Bonchev–Trinajstić information content (AvgIpc) is 4.04. The first-order chi connectivity index (χ1) is 27.7. The second-order valence-corrected chi connectivity index (χ2v) is 15.6. The summed E-state index contributed by atoms with van der Waals surface area (Å²) in [5.74, 6) is 0. The van der Waals surface area contributed by atoms with Gasteiger partial charge in [-0.15, -0.1) is 0 Å². The standard InChI is InChI=1S/C53H38N2O/c1-2-12-37(13-3-1)55-49-18-8-5-15-43(49)44-28-25-39(33-50(44)55)54(40-26-29-46-45-16-6-9-19-51(45)56-52(46)34-40)38-23-20-35(21-24-38)36-22-27-42-41-14-4-7-17-47(41)53(48(42)32-36)30-10-11-31-53/h1-9,12-29,32-34H,10-11,30-31H2. The van der Waals surface area contributed by atoms with E-state index in [0.29, 0.717) is 0 Å². The predicted molar refractivity (Wildman–Crippen MR) is 233 cm³/mol. The second-order valence-electron chi connectivity index (χ2n) is 15.6. The number of rotatable bonds is 5. The molecule has 0 amide bonds. The van der Waals surface area contributed by atoms with E-state index in [9.17, 15) is 0 Å². The predicted octanol–water partition coefficient (Wildman–Crippen LogP) is 14.7. The fourth-order valence-corrected chi connectivity index (χ4v) is 10.2. The minimum absolute atomic E-state index is 0.148. The smallest absolute Gasteiger partial charge is 0.137 e. The number of nitrogens with zero attached hydrogens (tertiary/aromatic N) is 2. The highest BCUT2D eigenvalue weighted by Gasteiger charge is 2.44. The first-order valence-corrected chi connectivity index (χ1v) is 19.9. The molecular formula is C53H38N2O. The molecule has 0 bridgehead atoms. The largest absolute Gasteiger partial charge is 0.456 e.